The number of aliphatic imine (C=N–C) groups is 1. The van der Waals surface area contributed by atoms with Crippen LogP contribution in [-0.4, -0.2) is 17.4 Å². The third-order valence-corrected chi connectivity index (χ3v) is 3.11. The lowest BCUT2D eigenvalue weighted by molar-refractivity contribution is 0.0901. The van der Waals surface area contributed by atoms with Gasteiger partial charge in [-0.15, -0.1) is 4.48 Å². The van der Waals surface area contributed by atoms with Gasteiger partial charge in [0.05, 0.1) is 12.2 Å². The van der Waals surface area contributed by atoms with E-state index in [0.717, 1.165) is 41.4 Å². The van der Waals surface area contributed by atoms with Crippen LogP contribution in [0.15, 0.2) is 28.5 Å². The monoisotopic (exact) mass is 178 g/mol. The molecule has 0 aromatic carbocycles. The summed E-state index contributed by atoms with van der Waals surface area (Å²) in [5, 5.41) is 0.907. The first-order valence-electron chi connectivity index (χ1n) is 4.77. The summed E-state index contributed by atoms with van der Waals surface area (Å²) in [5.74, 6) is 0.446. The molecule has 1 fully saturated rings. The summed E-state index contributed by atoms with van der Waals surface area (Å²) in [4.78, 5) is 4.24. The van der Waals surface area contributed by atoms with Crippen molar-refractivity contribution in [2.45, 2.75) is 19.3 Å². The Labute approximate surface area is 76.4 Å². The van der Waals surface area contributed by atoms with E-state index in [4.69, 9.17) is 0 Å². The van der Waals surface area contributed by atoms with Gasteiger partial charge in [0.2, 0.25) is 0 Å². The Hall–Kier alpha value is -1.12. The Morgan fingerprint density at radius 2 is 2.38 bits per heavy atom. The maximum atomic E-state index is 13.4. The molecule has 0 saturated carbocycles. The SMILES string of the molecule is FN1CCC2CCC3=NC=CC3=C21. The molecule has 0 N–H and O–H groups in total. The second-order valence-corrected chi connectivity index (χ2v) is 3.80. The zero-order valence-electron chi connectivity index (χ0n) is 7.33. The summed E-state index contributed by atoms with van der Waals surface area (Å²) >= 11 is 0. The van der Waals surface area contributed by atoms with E-state index in [-0.39, 0.29) is 0 Å². The number of hydrogen-bond donors (Lipinski definition) is 0. The van der Waals surface area contributed by atoms with Crippen LogP contribution >= 0.6 is 0 Å². The maximum absolute atomic E-state index is 13.4. The van der Waals surface area contributed by atoms with Gasteiger partial charge in [-0.05, 0) is 25.3 Å². The number of hydrogen-bond acceptors (Lipinski definition) is 2. The van der Waals surface area contributed by atoms with E-state index < -0.39 is 0 Å². The standard InChI is InChI=1S/C10H11FN2/c11-13-6-4-7-1-2-9-8(10(7)13)3-5-12-9/h3,5,7H,1-2,4,6H2. The smallest absolute Gasteiger partial charge is 0.0584 e. The van der Waals surface area contributed by atoms with Crippen molar-refractivity contribution in [3.63, 3.8) is 0 Å². The fraction of sp³-hybridized carbons (Fsp3) is 0.500. The van der Waals surface area contributed by atoms with Crippen LogP contribution in [0.2, 0.25) is 0 Å². The van der Waals surface area contributed by atoms with Crippen molar-refractivity contribution in [3.05, 3.63) is 23.5 Å². The topological polar surface area (TPSA) is 15.6 Å². The molecule has 0 aromatic heterocycles. The van der Waals surface area contributed by atoms with Gasteiger partial charge in [-0.2, -0.15) is 0 Å². The van der Waals surface area contributed by atoms with Crippen molar-refractivity contribution in [3.8, 4) is 0 Å². The molecule has 2 nitrogen and oxygen atoms in total. The van der Waals surface area contributed by atoms with Gasteiger partial charge >= 0.3 is 0 Å². The normalized spacial score (nSPS) is 30.7. The molecule has 0 amide bonds. The molecule has 3 heteroatoms. The molecule has 13 heavy (non-hydrogen) atoms. The highest BCUT2D eigenvalue weighted by molar-refractivity contribution is 6.06. The van der Waals surface area contributed by atoms with Crippen LogP contribution < -0.4 is 0 Å². The minimum absolute atomic E-state index is 0.446. The molecular weight excluding hydrogens is 167 g/mol. The fourth-order valence-electron chi connectivity index (χ4n) is 2.47. The van der Waals surface area contributed by atoms with E-state index in [0.29, 0.717) is 12.5 Å². The molecule has 1 aliphatic carbocycles. The summed E-state index contributed by atoms with van der Waals surface area (Å²) in [7, 11) is 0. The van der Waals surface area contributed by atoms with E-state index in [1.807, 2.05) is 6.08 Å². The highest BCUT2D eigenvalue weighted by Crippen LogP contribution is 2.40. The Morgan fingerprint density at radius 1 is 1.46 bits per heavy atom. The number of rotatable bonds is 0. The van der Waals surface area contributed by atoms with Gasteiger partial charge in [0, 0.05) is 23.4 Å². The molecule has 1 saturated heterocycles. The predicted octanol–water partition coefficient (Wildman–Crippen LogP) is 2.21. The minimum Gasteiger partial charge on any atom is -0.261 e. The van der Waals surface area contributed by atoms with Crippen molar-refractivity contribution >= 4 is 5.71 Å². The quantitative estimate of drug-likeness (QED) is 0.519. The predicted molar refractivity (Wildman–Crippen MR) is 48.8 cm³/mol. The summed E-state index contributed by atoms with van der Waals surface area (Å²) in [6, 6.07) is 0. The summed E-state index contributed by atoms with van der Waals surface area (Å²) in [6.07, 6.45) is 6.78. The lowest BCUT2D eigenvalue weighted by atomic mass is 9.87. The summed E-state index contributed by atoms with van der Waals surface area (Å²) < 4.78 is 13.4. The molecule has 3 aliphatic rings. The highest BCUT2D eigenvalue weighted by Gasteiger charge is 2.35. The van der Waals surface area contributed by atoms with Crippen LogP contribution in [0.4, 0.5) is 4.48 Å². The van der Waals surface area contributed by atoms with Crippen molar-refractivity contribution < 1.29 is 4.48 Å². The van der Waals surface area contributed by atoms with Crippen molar-refractivity contribution in [2.75, 3.05) is 6.54 Å². The van der Waals surface area contributed by atoms with Gasteiger partial charge in [0.15, 0.2) is 0 Å². The largest absolute Gasteiger partial charge is 0.261 e. The van der Waals surface area contributed by atoms with Gasteiger partial charge in [0.25, 0.3) is 0 Å². The number of halogens is 1. The van der Waals surface area contributed by atoms with E-state index in [1.54, 1.807) is 6.20 Å². The van der Waals surface area contributed by atoms with Gasteiger partial charge in [-0.3, -0.25) is 4.99 Å². The van der Waals surface area contributed by atoms with E-state index >= 15 is 0 Å². The minimum atomic E-state index is 0.446. The second-order valence-electron chi connectivity index (χ2n) is 3.80. The zero-order valence-corrected chi connectivity index (χ0v) is 7.33. The molecule has 0 bridgehead atoms. The van der Waals surface area contributed by atoms with E-state index in [1.165, 1.54) is 0 Å². The fourth-order valence-corrected chi connectivity index (χ4v) is 2.47. The molecule has 1 atom stereocenters. The zero-order chi connectivity index (χ0) is 8.84. The molecule has 0 spiro atoms. The molecular formula is C10H11FN2. The van der Waals surface area contributed by atoms with Crippen molar-refractivity contribution in [1.82, 2.24) is 5.12 Å². The van der Waals surface area contributed by atoms with Crippen LogP contribution in [-0.2, 0) is 0 Å². The van der Waals surface area contributed by atoms with Crippen LogP contribution in [0.1, 0.15) is 19.3 Å². The number of allylic oxidation sites excluding steroid dienone is 3. The average molecular weight is 178 g/mol. The average Bonchev–Trinajstić information content (AvgIpc) is 2.70. The Balaban J connectivity index is 2.13. The Morgan fingerprint density at radius 3 is 3.31 bits per heavy atom. The summed E-state index contributed by atoms with van der Waals surface area (Å²) in [5.41, 5.74) is 3.02. The van der Waals surface area contributed by atoms with E-state index in [9.17, 15) is 4.48 Å². The van der Waals surface area contributed by atoms with Crippen LogP contribution in [0.5, 0.6) is 0 Å². The molecule has 1 unspecified atom stereocenters. The van der Waals surface area contributed by atoms with Gasteiger partial charge in [-0.25, -0.2) is 5.12 Å². The molecule has 0 radical (unpaired) electrons. The third kappa shape index (κ3) is 0.900. The number of fused-ring (bicyclic) bond motifs is 2. The highest BCUT2D eigenvalue weighted by atomic mass is 19.2. The van der Waals surface area contributed by atoms with Gasteiger partial charge < -0.3 is 0 Å². The van der Waals surface area contributed by atoms with Gasteiger partial charge in [0.1, 0.15) is 0 Å². The van der Waals surface area contributed by atoms with Crippen LogP contribution in [0, 0.1) is 5.92 Å². The first-order valence-corrected chi connectivity index (χ1v) is 4.77. The lowest BCUT2D eigenvalue weighted by Crippen LogP contribution is -2.18. The lowest BCUT2D eigenvalue weighted by Gasteiger charge is -2.22. The van der Waals surface area contributed by atoms with Crippen LogP contribution in [0.25, 0.3) is 0 Å². The Kier molecular flexibility index (Phi) is 1.37. The maximum Gasteiger partial charge on any atom is 0.0584 e. The van der Waals surface area contributed by atoms with E-state index in [2.05, 4.69) is 4.99 Å². The summed E-state index contributed by atoms with van der Waals surface area (Å²) in [6.45, 7) is 0.560. The molecule has 0 aromatic rings. The first-order chi connectivity index (χ1) is 6.36. The molecule has 3 rings (SSSR count). The third-order valence-electron chi connectivity index (χ3n) is 3.11. The van der Waals surface area contributed by atoms with Crippen molar-refractivity contribution in [2.24, 2.45) is 10.9 Å². The van der Waals surface area contributed by atoms with Crippen LogP contribution in [0.3, 0.4) is 0 Å². The van der Waals surface area contributed by atoms with Crippen molar-refractivity contribution in [1.29, 1.82) is 0 Å². The Bertz CT molecular complexity index is 341. The second kappa shape index (κ2) is 2.44. The molecule has 2 aliphatic heterocycles. The molecule has 2 heterocycles. The number of nitrogens with zero attached hydrogens (tertiary/aromatic N) is 2. The van der Waals surface area contributed by atoms with Gasteiger partial charge in [-0.1, -0.05) is 0 Å². The first kappa shape index (κ1) is 7.30. The molecule has 68 valence electrons.